The van der Waals surface area contributed by atoms with E-state index in [0.29, 0.717) is 6.42 Å². The third-order valence-corrected chi connectivity index (χ3v) is 2.35. The number of aliphatic hydroxyl groups excluding tert-OH is 1. The zero-order valence-corrected chi connectivity index (χ0v) is 8.54. The molecule has 0 saturated carbocycles. The van der Waals surface area contributed by atoms with E-state index in [0.717, 1.165) is 11.3 Å². The van der Waals surface area contributed by atoms with E-state index in [2.05, 4.69) is 10.1 Å². The molecule has 0 radical (unpaired) electrons. The molecule has 1 aromatic heterocycles. The summed E-state index contributed by atoms with van der Waals surface area (Å²) in [6.07, 6.45) is 3.34. The van der Waals surface area contributed by atoms with Gasteiger partial charge in [0, 0.05) is 5.56 Å². The summed E-state index contributed by atoms with van der Waals surface area (Å²) in [4.78, 5) is 3.90. The molecule has 1 heterocycles. The van der Waals surface area contributed by atoms with Gasteiger partial charge in [-0.25, -0.2) is 9.67 Å². The van der Waals surface area contributed by atoms with Gasteiger partial charge in [-0.15, -0.1) is 0 Å². The van der Waals surface area contributed by atoms with Gasteiger partial charge in [0.2, 0.25) is 0 Å². The standard InChI is InChI=1S/C11H13N3O/c1-2-11(15)9-5-3-4-6-10(9)14-8-12-7-13-14/h3-8,11,15H,2H2,1H3/t11-/m1/s1. The van der Waals surface area contributed by atoms with Crippen molar-refractivity contribution in [3.05, 3.63) is 42.5 Å². The second kappa shape index (κ2) is 4.23. The average molecular weight is 203 g/mol. The first-order chi connectivity index (χ1) is 7.33. The Balaban J connectivity index is 2.47. The van der Waals surface area contributed by atoms with E-state index in [-0.39, 0.29) is 0 Å². The van der Waals surface area contributed by atoms with Crippen molar-refractivity contribution in [2.45, 2.75) is 19.4 Å². The maximum absolute atomic E-state index is 9.85. The molecular formula is C11H13N3O. The number of hydrogen-bond acceptors (Lipinski definition) is 3. The third-order valence-electron chi connectivity index (χ3n) is 2.35. The quantitative estimate of drug-likeness (QED) is 0.826. The molecule has 0 bridgehead atoms. The first-order valence-corrected chi connectivity index (χ1v) is 4.95. The van der Waals surface area contributed by atoms with Crippen molar-refractivity contribution in [3.63, 3.8) is 0 Å². The van der Waals surface area contributed by atoms with Crippen LogP contribution in [0.2, 0.25) is 0 Å². The average Bonchev–Trinajstić information content (AvgIpc) is 2.81. The first-order valence-electron chi connectivity index (χ1n) is 4.95. The number of benzene rings is 1. The number of para-hydroxylation sites is 1. The van der Waals surface area contributed by atoms with E-state index in [9.17, 15) is 5.11 Å². The molecule has 78 valence electrons. The fourth-order valence-electron chi connectivity index (χ4n) is 1.53. The fraction of sp³-hybridized carbons (Fsp3) is 0.273. The van der Waals surface area contributed by atoms with Crippen LogP contribution in [0.5, 0.6) is 0 Å². The van der Waals surface area contributed by atoms with E-state index in [1.807, 2.05) is 31.2 Å². The van der Waals surface area contributed by atoms with E-state index in [1.165, 1.54) is 6.33 Å². The number of aliphatic hydroxyl groups is 1. The van der Waals surface area contributed by atoms with Crippen molar-refractivity contribution >= 4 is 0 Å². The number of hydrogen-bond donors (Lipinski definition) is 1. The lowest BCUT2D eigenvalue weighted by Crippen LogP contribution is -2.04. The van der Waals surface area contributed by atoms with Gasteiger partial charge in [-0.3, -0.25) is 0 Å². The Morgan fingerprint density at radius 3 is 2.87 bits per heavy atom. The zero-order valence-electron chi connectivity index (χ0n) is 8.54. The van der Waals surface area contributed by atoms with Gasteiger partial charge in [0.25, 0.3) is 0 Å². The normalized spacial score (nSPS) is 12.7. The molecule has 0 saturated heterocycles. The summed E-state index contributed by atoms with van der Waals surface area (Å²) in [7, 11) is 0. The summed E-state index contributed by atoms with van der Waals surface area (Å²) in [6, 6.07) is 7.66. The summed E-state index contributed by atoms with van der Waals surface area (Å²) >= 11 is 0. The highest BCUT2D eigenvalue weighted by Gasteiger charge is 2.11. The van der Waals surface area contributed by atoms with Crippen LogP contribution in [0.1, 0.15) is 25.0 Å². The number of rotatable bonds is 3. The van der Waals surface area contributed by atoms with Crippen LogP contribution in [-0.4, -0.2) is 19.9 Å². The molecule has 0 spiro atoms. The molecule has 2 aromatic rings. The Labute approximate surface area is 88.2 Å². The summed E-state index contributed by atoms with van der Waals surface area (Å²) in [5.74, 6) is 0. The van der Waals surface area contributed by atoms with Gasteiger partial charge < -0.3 is 5.11 Å². The zero-order chi connectivity index (χ0) is 10.7. The van der Waals surface area contributed by atoms with Crippen LogP contribution in [0, 0.1) is 0 Å². The van der Waals surface area contributed by atoms with Crippen LogP contribution in [0.3, 0.4) is 0 Å². The summed E-state index contributed by atoms with van der Waals surface area (Å²) < 4.78 is 1.66. The third kappa shape index (κ3) is 1.89. The minimum Gasteiger partial charge on any atom is -0.388 e. The molecule has 0 aliphatic carbocycles. The van der Waals surface area contributed by atoms with E-state index in [4.69, 9.17) is 0 Å². The SMILES string of the molecule is CC[C@@H](O)c1ccccc1-n1cncn1. The molecule has 4 heteroatoms. The molecule has 0 amide bonds. The van der Waals surface area contributed by atoms with Crippen LogP contribution < -0.4 is 0 Å². The lowest BCUT2D eigenvalue weighted by Gasteiger charge is -2.13. The lowest BCUT2D eigenvalue weighted by molar-refractivity contribution is 0.173. The van der Waals surface area contributed by atoms with Gasteiger partial charge in [0.1, 0.15) is 12.7 Å². The van der Waals surface area contributed by atoms with Crippen LogP contribution in [0.4, 0.5) is 0 Å². The Morgan fingerprint density at radius 2 is 2.20 bits per heavy atom. The molecule has 1 atom stereocenters. The smallest absolute Gasteiger partial charge is 0.138 e. The molecule has 15 heavy (non-hydrogen) atoms. The highest BCUT2D eigenvalue weighted by Crippen LogP contribution is 2.22. The van der Waals surface area contributed by atoms with Crippen LogP contribution in [0.15, 0.2) is 36.9 Å². The van der Waals surface area contributed by atoms with Gasteiger partial charge in [0.05, 0.1) is 11.8 Å². The number of aromatic nitrogens is 3. The van der Waals surface area contributed by atoms with Crippen molar-refractivity contribution in [1.82, 2.24) is 14.8 Å². The van der Waals surface area contributed by atoms with E-state index >= 15 is 0 Å². The van der Waals surface area contributed by atoms with Crippen molar-refractivity contribution in [2.24, 2.45) is 0 Å². The molecule has 1 N–H and O–H groups in total. The van der Waals surface area contributed by atoms with Crippen molar-refractivity contribution in [1.29, 1.82) is 0 Å². The van der Waals surface area contributed by atoms with Gasteiger partial charge in [0.15, 0.2) is 0 Å². The summed E-state index contributed by atoms with van der Waals surface area (Å²) in [5, 5.41) is 13.9. The van der Waals surface area contributed by atoms with Crippen LogP contribution in [0.25, 0.3) is 5.69 Å². The highest BCUT2D eigenvalue weighted by molar-refractivity contribution is 5.41. The number of nitrogens with zero attached hydrogens (tertiary/aromatic N) is 3. The lowest BCUT2D eigenvalue weighted by atomic mass is 10.1. The van der Waals surface area contributed by atoms with Crippen molar-refractivity contribution in [3.8, 4) is 5.69 Å². The molecule has 0 unspecified atom stereocenters. The highest BCUT2D eigenvalue weighted by atomic mass is 16.3. The second-order valence-electron chi connectivity index (χ2n) is 3.32. The predicted molar refractivity (Wildman–Crippen MR) is 56.6 cm³/mol. The molecule has 4 nitrogen and oxygen atoms in total. The van der Waals surface area contributed by atoms with Crippen LogP contribution in [-0.2, 0) is 0 Å². The second-order valence-corrected chi connectivity index (χ2v) is 3.32. The maximum atomic E-state index is 9.85. The Bertz CT molecular complexity index is 425. The Kier molecular flexibility index (Phi) is 2.78. The largest absolute Gasteiger partial charge is 0.388 e. The van der Waals surface area contributed by atoms with E-state index < -0.39 is 6.10 Å². The van der Waals surface area contributed by atoms with Gasteiger partial charge >= 0.3 is 0 Å². The van der Waals surface area contributed by atoms with Crippen molar-refractivity contribution in [2.75, 3.05) is 0 Å². The Morgan fingerprint density at radius 1 is 1.40 bits per heavy atom. The molecule has 0 aliphatic rings. The first kappa shape index (κ1) is 9.86. The predicted octanol–water partition coefficient (Wildman–Crippen LogP) is 1.71. The Hall–Kier alpha value is -1.68. The van der Waals surface area contributed by atoms with Crippen molar-refractivity contribution < 1.29 is 5.11 Å². The topological polar surface area (TPSA) is 50.9 Å². The van der Waals surface area contributed by atoms with Gasteiger partial charge in [-0.05, 0) is 12.5 Å². The minimum atomic E-state index is -0.453. The van der Waals surface area contributed by atoms with Gasteiger partial charge in [-0.1, -0.05) is 25.1 Å². The summed E-state index contributed by atoms with van der Waals surface area (Å²) in [6.45, 7) is 1.95. The minimum absolute atomic E-state index is 0.453. The molecule has 0 fully saturated rings. The molecule has 0 aliphatic heterocycles. The molecular weight excluding hydrogens is 190 g/mol. The molecule has 1 aromatic carbocycles. The molecule has 2 rings (SSSR count). The summed E-state index contributed by atoms with van der Waals surface area (Å²) in [5.41, 5.74) is 1.76. The van der Waals surface area contributed by atoms with Crippen LogP contribution >= 0.6 is 0 Å². The van der Waals surface area contributed by atoms with Gasteiger partial charge in [-0.2, -0.15) is 5.10 Å². The fourth-order valence-corrected chi connectivity index (χ4v) is 1.53. The monoisotopic (exact) mass is 203 g/mol. The maximum Gasteiger partial charge on any atom is 0.138 e. The van der Waals surface area contributed by atoms with E-state index in [1.54, 1.807) is 11.0 Å².